The van der Waals surface area contributed by atoms with E-state index >= 15 is 0 Å². The molecule has 0 bridgehead atoms. The maximum atomic E-state index is 12.1. The summed E-state index contributed by atoms with van der Waals surface area (Å²) in [6.45, 7) is -0.390. The van der Waals surface area contributed by atoms with Crippen molar-refractivity contribution < 1.29 is 14.4 Å². The van der Waals surface area contributed by atoms with Crippen LogP contribution in [0.3, 0.4) is 0 Å². The van der Waals surface area contributed by atoms with Gasteiger partial charge in [0.05, 0.1) is 23.1 Å². The summed E-state index contributed by atoms with van der Waals surface area (Å²) < 4.78 is 0.850. The van der Waals surface area contributed by atoms with Gasteiger partial charge in [0.1, 0.15) is 0 Å². The molecule has 2 aromatic carbocycles. The Bertz CT molecular complexity index is 859. The number of likely N-dealkylation sites (N-methyl/N-ethyl adjacent to an activating group) is 1. The van der Waals surface area contributed by atoms with E-state index in [1.807, 2.05) is 0 Å². The van der Waals surface area contributed by atoms with E-state index in [0.29, 0.717) is 21.3 Å². The molecule has 0 saturated heterocycles. The van der Waals surface area contributed by atoms with Crippen molar-refractivity contribution in [1.82, 2.24) is 10.2 Å². The molecule has 27 heavy (non-hydrogen) atoms. The van der Waals surface area contributed by atoms with Gasteiger partial charge in [0.2, 0.25) is 11.8 Å². The van der Waals surface area contributed by atoms with E-state index in [1.165, 1.54) is 18.0 Å². The lowest BCUT2D eigenvalue weighted by molar-refractivity contribution is -0.132. The first kappa shape index (κ1) is 21.2. The number of benzene rings is 2. The highest BCUT2D eigenvalue weighted by Crippen LogP contribution is 2.24. The summed E-state index contributed by atoms with van der Waals surface area (Å²) >= 11 is 15.0. The van der Waals surface area contributed by atoms with Crippen molar-refractivity contribution in [2.45, 2.75) is 0 Å². The second-order valence-corrected chi connectivity index (χ2v) is 7.35. The standard InChI is InChI=1S/C18H16BrCl2N3O3/c1-24(10-16(25)23-13-6-7-14(20)15(21)8-13)17(26)9-22-18(27)11-2-4-12(19)5-3-11/h2-8H,9-10H2,1H3,(H,22,27)(H,23,25). The van der Waals surface area contributed by atoms with Crippen molar-refractivity contribution >= 4 is 62.5 Å². The fourth-order valence-electron chi connectivity index (χ4n) is 2.07. The van der Waals surface area contributed by atoms with Gasteiger partial charge in [0.25, 0.3) is 5.91 Å². The minimum absolute atomic E-state index is 0.173. The molecule has 0 saturated carbocycles. The minimum atomic E-state index is -0.400. The van der Waals surface area contributed by atoms with Gasteiger partial charge in [-0.2, -0.15) is 0 Å². The molecule has 9 heteroatoms. The summed E-state index contributed by atoms with van der Waals surface area (Å²) in [5.74, 6) is -1.17. The van der Waals surface area contributed by atoms with E-state index in [4.69, 9.17) is 23.2 Å². The molecule has 0 spiro atoms. The van der Waals surface area contributed by atoms with Gasteiger partial charge in [0, 0.05) is 22.8 Å². The average Bonchev–Trinajstić information content (AvgIpc) is 2.63. The number of halogens is 3. The monoisotopic (exact) mass is 471 g/mol. The van der Waals surface area contributed by atoms with Gasteiger partial charge in [-0.1, -0.05) is 39.1 Å². The van der Waals surface area contributed by atoms with Gasteiger partial charge < -0.3 is 15.5 Å². The van der Waals surface area contributed by atoms with Gasteiger partial charge in [-0.3, -0.25) is 14.4 Å². The Hall–Kier alpha value is -2.09. The molecule has 0 aliphatic carbocycles. The van der Waals surface area contributed by atoms with Crippen LogP contribution < -0.4 is 10.6 Å². The van der Waals surface area contributed by atoms with Crippen molar-refractivity contribution in [3.8, 4) is 0 Å². The van der Waals surface area contributed by atoms with Crippen molar-refractivity contribution in [3.05, 3.63) is 62.5 Å². The molecular weight excluding hydrogens is 457 g/mol. The number of anilines is 1. The number of carbonyl (C=O) groups excluding carboxylic acids is 3. The van der Waals surface area contributed by atoms with Gasteiger partial charge in [0.15, 0.2) is 0 Å². The first-order valence-electron chi connectivity index (χ1n) is 7.79. The highest BCUT2D eigenvalue weighted by atomic mass is 79.9. The second-order valence-electron chi connectivity index (χ2n) is 5.62. The molecular formula is C18H16BrCl2N3O3. The van der Waals surface area contributed by atoms with Gasteiger partial charge in [-0.25, -0.2) is 0 Å². The number of hydrogen-bond acceptors (Lipinski definition) is 3. The highest BCUT2D eigenvalue weighted by molar-refractivity contribution is 9.10. The fourth-order valence-corrected chi connectivity index (χ4v) is 2.63. The molecule has 2 rings (SSSR count). The molecule has 0 aliphatic heterocycles. The molecule has 3 amide bonds. The van der Waals surface area contributed by atoms with Crippen LogP contribution in [0, 0.1) is 0 Å². The van der Waals surface area contributed by atoms with Gasteiger partial charge in [-0.15, -0.1) is 0 Å². The summed E-state index contributed by atoms with van der Waals surface area (Å²) in [4.78, 5) is 37.4. The average molecular weight is 473 g/mol. The van der Waals surface area contributed by atoms with Crippen LogP contribution in [0.4, 0.5) is 5.69 Å². The third-order valence-electron chi connectivity index (χ3n) is 3.52. The second kappa shape index (κ2) is 9.73. The number of rotatable bonds is 6. The van der Waals surface area contributed by atoms with E-state index in [1.54, 1.807) is 36.4 Å². The zero-order chi connectivity index (χ0) is 20.0. The summed E-state index contributed by atoms with van der Waals surface area (Å²) in [6.07, 6.45) is 0. The Kier molecular flexibility index (Phi) is 7.65. The number of nitrogens with zero attached hydrogens (tertiary/aromatic N) is 1. The van der Waals surface area contributed by atoms with Crippen LogP contribution in [-0.4, -0.2) is 42.8 Å². The Labute approximate surface area is 174 Å². The van der Waals surface area contributed by atoms with Crippen molar-refractivity contribution in [1.29, 1.82) is 0 Å². The third kappa shape index (κ3) is 6.53. The zero-order valence-corrected chi connectivity index (χ0v) is 17.4. The number of nitrogens with one attached hydrogen (secondary N) is 2. The molecule has 0 unspecified atom stereocenters. The lowest BCUT2D eigenvalue weighted by Crippen LogP contribution is -2.41. The Morgan fingerprint density at radius 2 is 1.70 bits per heavy atom. The number of amides is 3. The number of hydrogen-bond donors (Lipinski definition) is 2. The maximum absolute atomic E-state index is 12.1. The van der Waals surface area contributed by atoms with Crippen LogP contribution in [0.2, 0.25) is 10.0 Å². The maximum Gasteiger partial charge on any atom is 0.251 e. The smallest absolute Gasteiger partial charge is 0.251 e. The van der Waals surface area contributed by atoms with Crippen LogP contribution >= 0.6 is 39.1 Å². The summed E-state index contributed by atoms with van der Waals surface area (Å²) in [6, 6.07) is 11.4. The Morgan fingerprint density at radius 3 is 2.33 bits per heavy atom. The van der Waals surface area contributed by atoms with Crippen LogP contribution in [0.25, 0.3) is 0 Å². The van der Waals surface area contributed by atoms with Gasteiger partial charge in [-0.05, 0) is 42.5 Å². The van der Waals surface area contributed by atoms with Crippen molar-refractivity contribution in [3.63, 3.8) is 0 Å². The van der Waals surface area contributed by atoms with E-state index in [2.05, 4.69) is 26.6 Å². The minimum Gasteiger partial charge on any atom is -0.343 e. The molecule has 0 aliphatic rings. The molecule has 0 atom stereocenters. The SMILES string of the molecule is CN(CC(=O)Nc1ccc(Cl)c(Cl)c1)C(=O)CNC(=O)c1ccc(Br)cc1. The van der Waals surface area contributed by atoms with Gasteiger partial charge >= 0.3 is 0 Å². The lowest BCUT2D eigenvalue weighted by Gasteiger charge is -2.17. The Balaban J connectivity index is 1.82. The topological polar surface area (TPSA) is 78.5 Å². The summed E-state index contributed by atoms with van der Waals surface area (Å²) in [5, 5.41) is 5.84. The van der Waals surface area contributed by atoms with E-state index in [9.17, 15) is 14.4 Å². The first-order valence-corrected chi connectivity index (χ1v) is 9.34. The highest BCUT2D eigenvalue weighted by Gasteiger charge is 2.15. The van der Waals surface area contributed by atoms with Crippen LogP contribution in [0.5, 0.6) is 0 Å². The molecule has 0 aromatic heterocycles. The molecule has 2 N–H and O–H groups in total. The predicted octanol–water partition coefficient (Wildman–Crippen LogP) is 3.58. The zero-order valence-electron chi connectivity index (χ0n) is 14.3. The van der Waals surface area contributed by atoms with Crippen molar-refractivity contribution in [2.24, 2.45) is 0 Å². The third-order valence-corrected chi connectivity index (χ3v) is 4.78. The van der Waals surface area contributed by atoms with E-state index < -0.39 is 11.8 Å². The Morgan fingerprint density at radius 1 is 1.04 bits per heavy atom. The van der Waals surface area contributed by atoms with Crippen LogP contribution in [0.15, 0.2) is 46.9 Å². The largest absolute Gasteiger partial charge is 0.343 e. The molecule has 0 heterocycles. The van der Waals surface area contributed by atoms with Crippen LogP contribution in [0.1, 0.15) is 10.4 Å². The van der Waals surface area contributed by atoms with E-state index in [0.717, 1.165) is 4.47 Å². The van der Waals surface area contributed by atoms with E-state index in [-0.39, 0.29) is 19.0 Å². The molecule has 2 aromatic rings. The molecule has 0 radical (unpaired) electrons. The normalized spacial score (nSPS) is 10.2. The molecule has 142 valence electrons. The van der Waals surface area contributed by atoms with Crippen molar-refractivity contribution in [2.75, 3.05) is 25.5 Å². The quantitative estimate of drug-likeness (QED) is 0.674. The molecule has 0 fully saturated rings. The molecule has 6 nitrogen and oxygen atoms in total. The first-order chi connectivity index (χ1) is 12.8. The number of carbonyl (C=O) groups is 3. The fraction of sp³-hybridized carbons (Fsp3) is 0.167. The van der Waals surface area contributed by atoms with Crippen LogP contribution in [-0.2, 0) is 9.59 Å². The lowest BCUT2D eigenvalue weighted by atomic mass is 10.2. The summed E-state index contributed by atoms with van der Waals surface area (Å²) in [7, 11) is 1.47. The summed E-state index contributed by atoms with van der Waals surface area (Å²) in [5.41, 5.74) is 0.907. The predicted molar refractivity (Wildman–Crippen MR) is 109 cm³/mol.